The number of carbonyl (C=O) groups excluding carboxylic acids is 1. The Bertz CT molecular complexity index is 1290. The molecule has 1 aromatic heterocycles. The summed E-state index contributed by atoms with van der Waals surface area (Å²) in [6.45, 7) is 4.12. The first-order valence-electron chi connectivity index (χ1n) is 12.0. The van der Waals surface area contributed by atoms with Crippen LogP contribution in [0.25, 0.3) is 28.3 Å². The third-order valence-corrected chi connectivity index (χ3v) is 6.66. The molecular formula is C27H30N4O4. The van der Waals surface area contributed by atoms with Crippen molar-refractivity contribution in [2.45, 2.75) is 32.2 Å². The molecule has 2 aliphatic rings. The quantitative estimate of drug-likeness (QED) is 0.612. The largest absolute Gasteiger partial charge is 0.497 e. The van der Waals surface area contributed by atoms with Crippen molar-refractivity contribution in [2.75, 3.05) is 33.4 Å². The molecule has 0 atom stereocenters. The van der Waals surface area contributed by atoms with Crippen molar-refractivity contribution in [3.05, 3.63) is 53.6 Å². The summed E-state index contributed by atoms with van der Waals surface area (Å²) >= 11 is 0. The molecule has 0 bridgehead atoms. The second-order valence-electron chi connectivity index (χ2n) is 8.90. The number of aliphatic imine (C=N–C) groups is 1. The third-order valence-electron chi connectivity index (χ3n) is 6.66. The van der Waals surface area contributed by atoms with Crippen LogP contribution < -0.4 is 10.5 Å². The molecule has 8 nitrogen and oxygen atoms in total. The van der Waals surface area contributed by atoms with E-state index in [-0.39, 0.29) is 11.9 Å². The Morgan fingerprint density at radius 3 is 2.66 bits per heavy atom. The standard InChI is InChI=1S/C27H30N4O4/c1-17(32)31-13-10-23(29-19-11-14-34-15-12-19)22(16-31)25(28)21-4-3-5-24-26(21)30-27(35-24)18-6-8-20(33-2)9-7-18/h3-9,19H,10-16,28H2,1-2H3. The zero-order chi connectivity index (χ0) is 24.4. The minimum absolute atomic E-state index is 0.0295. The number of fused-ring (bicyclic) bond motifs is 1. The molecule has 0 unspecified atom stereocenters. The molecular weight excluding hydrogens is 444 g/mol. The zero-order valence-corrected chi connectivity index (χ0v) is 20.1. The van der Waals surface area contributed by atoms with Crippen molar-refractivity contribution in [1.82, 2.24) is 9.88 Å². The van der Waals surface area contributed by atoms with Crippen molar-refractivity contribution in [2.24, 2.45) is 10.7 Å². The van der Waals surface area contributed by atoms with Crippen LogP contribution in [-0.4, -0.2) is 61.0 Å². The minimum atomic E-state index is 0.0295. The molecule has 2 aliphatic heterocycles. The van der Waals surface area contributed by atoms with Crippen LogP contribution in [0.3, 0.4) is 0 Å². The van der Waals surface area contributed by atoms with E-state index in [0.717, 1.165) is 54.2 Å². The lowest BCUT2D eigenvalue weighted by Crippen LogP contribution is -2.40. The average Bonchev–Trinajstić information content (AvgIpc) is 3.33. The number of carbonyl (C=O) groups is 1. The van der Waals surface area contributed by atoms with E-state index in [2.05, 4.69) is 0 Å². The van der Waals surface area contributed by atoms with Gasteiger partial charge >= 0.3 is 0 Å². The molecule has 2 fully saturated rings. The number of ether oxygens (including phenoxy) is 2. The predicted octanol–water partition coefficient (Wildman–Crippen LogP) is 4.05. The van der Waals surface area contributed by atoms with Crippen molar-refractivity contribution in [1.29, 1.82) is 0 Å². The molecule has 8 heteroatoms. The van der Waals surface area contributed by atoms with Crippen LogP contribution in [0.1, 0.15) is 31.7 Å². The van der Waals surface area contributed by atoms with Gasteiger partial charge in [0.05, 0.1) is 13.2 Å². The molecule has 2 aromatic carbocycles. The van der Waals surface area contributed by atoms with Crippen molar-refractivity contribution in [3.8, 4) is 17.2 Å². The van der Waals surface area contributed by atoms with E-state index in [1.165, 1.54) is 0 Å². The second kappa shape index (κ2) is 9.92. The summed E-state index contributed by atoms with van der Waals surface area (Å²) in [5, 5.41) is 0. The molecule has 2 N–H and O–H groups in total. The molecule has 3 heterocycles. The van der Waals surface area contributed by atoms with Crippen molar-refractivity contribution >= 4 is 28.4 Å². The minimum Gasteiger partial charge on any atom is -0.497 e. The summed E-state index contributed by atoms with van der Waals surface area (Å²) in [5.74, 6) is 1.31. The number of nitrogens with two attached hydrogens (primary N) is 1. The Kier molecular flexibility index (Phi) is 6.55. The van der Waals surface area contributed by atoms with E-state index < -0.39 is 0 Å². The van der Waals surface area contributed by atoms with Gasteiger partial charge < -0.3 is 24.5 Å². The van der Waals surface area contributed by atoms with E-state index >= 15 is 0 Å². The number of rotatable bonds is 4. The topological polar surface area (TPSA) is 103 Å². The van der Waals surface area contributed by atoms with E-state index in [1.54, 1.807) is 14.0 Å². The number of oxazole rings is 1. The van der Waals surface area contributed by atoms with Gasteiger partial charge in [-0.25, -0.2) is 4.98 Å². The molecule has 0 saturated carbocycles. The first-order valence-corrected chi connectivity index (χ1v) is 12.0. The predicted molar refractivity (Wildman–Crippen MR) is 135 cm³/mol. The van der Waals surface area contributed by atoms with E-state index in [0.29, 0.717) is 42.2 Å². The molecule has 5 rings (SSSR count). The fraction of sp³-hybridized carbons (Fsp3) is 0.370. The number of hydrogen-bond donors (Lipinski definition) is 1. The number of hydrogen-bond acceptors (Lipinski definition) is 7. The van der Waals surface area contributed by atoms with Crippen LogP contribution in [0, 0.1) is 0 Å². The number of likely N-dealkylation sites (tertiary alicyclic amines) is 1. The summed E-state index contributed by atoms with van der Waals surface area (Å²) in [5.41, 5.74) is 12.2. The summed E-state index contributed by atoms with van der Waals surface area (Å²) in [7, 11) is 1.63. The molecule has 0 spiro atoms. The maximum Gasteiger partial charge on any atom is 0.227 e. The fourth-order valence-corrected chi connectivity index (χ4v) is 4.62. The maximum absolute atomic E-state index is 12.2. The molecule has 1 amide bonds. The number of aromatic nitrogens is 1. The fourth-order valence-electron chi connectivity index (χ4n) is 4.62. The second-order valence-corrected chi connectivity index (χ2v) is 8.90. The molecule has 2 saturated heterocycles. The number of piperidine rings is 1. The lowest BCUT2D eigenvalue weighted by atomic mass is 9.95. The van der Waals surface area contributed by atoms with Crippen molar-refractivity contribution in [3.63, 3.8) is 0 Å². The molecule has 35 heavy (non-hydrogen) atoms. The summed E-state index contributed by atoms with van der Waals surface area (Å²) in [6.07, 6.45) is 2.48. The summed E-state index contributed by atoms with van der Waals surface area (Å²) in [6, 6.07) is 13.5. The van der Waals surface area contributed by atoms with Crippen molar-refractivity contribution < 1.29 is 18.7 Å². The van der Waals surface area contributed by atoms with Gasteiger partial charge in [-0.05, 0) is 43.2 Å². The number of amides is 1. The highest BCUT2D eigenvalue weighted by atomic mass is 16.5. The molecule has 3 aromatic rings. The SMILES string of the molecule is COc1ccc(-c2nc3c(C(N)=C4CN(C(C)=O)CCC4=NC4CCOCC4)cccc3o2)cc1. The van der Waals surface area contributed by atoms with Crippen LogP contribution in [0.2, 0.25) is 0 Å². The van der Waals surface area contributed by atoms with Crippen LogP contribution in [0.15, 0.2) is 57.4 Å². The number of methoxy groups -OCH3 is 1. The van der Waals surface area contributed by atoms with E-state index in [1.807, 2.05) is 47.4 Å². The Balaban J connectivity index is 1.57. The number of para-hydroxylation sites is 1. The lowest BCUT2D eigenvalue weighted by molar-refractivity contribution is -0.128. The van der Waals surface area contributed by atoms with Gasteiger partial charge in [0, 0.05) is 67.8 Å². The summed E-state index contributed by atoms with van der Waals surface area (Å²) in [4.78, 5) is 23.9. The normalized spacial score (nSPS) is 19.8. The maximum atomic E-state index is 12.2. The highest BCUT2D eigenvalue weighted by molar-refractivity contribution is 6.09. The number of benzene rings is 2. The van der Waals surface area contributed by atoms with Gasteiger partial charge in [-0.1, -0.05) is 12.1 Å². The first kappa shape index (κ1) is 23.1. The zero-order valence-electron chi connectivity index (χ0n) is 20.1. The molecule has 0 aliphatic carbocycles. The average molecular weight is 475 g/mol. The Morgan fingerprint density at radius 2 is 1.94 bits per heavy atom. The van der Waals surface area contributed by atoms with Gasteiger partial charge in [-0.15, -0.1) is 0 Å². The lowest BCUT2D eigenvalue weighted by Gasteiger charge is -2.31. The summed E-state index contributed by atoms with van der Waals surface area (Å²) < 4.78 is 16.8. The number of nitrogens with zero attached hydrogens (tertiary/aromatic N) is 3. The highest BCUT2D eigenvalue weighted by Crippen LogP contribution is 2.31. The van der Waals surface area contributed by atoms with Gasteiger partial charge in [0.15, 0.2) is 5.58 Å². The highest BCUT2D eigenvalue weighted by Gasteiger charge is 2.27. The van der Waals surface area contributed by atoms with Gasteiger partial charge in [-0.2, -0.15) is 0 Å². The van der Waals surface area contributed by atoms with Gasteiger partial charge in [0.2, 0.25) is 11.8 Å². The van der Waals surface area contributed by atoms with Crippen LogP contribution in [-0.2, 0) is 9.53 Å². The van der Waals surface area contributed by atoms with Gasteiger partial charge in [-0.3, -0.25) is 9.79 Å². The Labute approximate surface area is 204 Å². The van der Waals surface area contributed by atoms with Gasteiger partial charge in [0.25, 0.3) is 0 Å². The van der Waals surface area contributed by atoms with E-state index in [4.69, 9.17) is 29.6 Å². The Hall–Kier alpha value is -3.65. The first-order chi connectivity index (χ1) is 17.0. The van der Waals surface area contributed by atoms with Gasteiger partial charge in [0.1, 0.15) is 11.3 Å². The molecule has 0 radical (unpaired) electrons. The molecule has 182 valence electrons. The van der Waals surface area contributed by atoms with E-state index in [9.17, 15) is 4.79 Å². The van der Waals surface area contributed by atoms with Crippen LogP contribution in [0.4, 0.5) is 0 Å². The Morgan fingerprint density at radius 1 is 1.17 bits per heavy atom. The monoisotopic (exact) mass is 474 g/mol. The van der Waals surface area contributed by atoms with Crippen LogP contribution >= 0.6 is 0 Å². The van der Waals surface area contributed by atoms with Crippen LogP contribution in [0.5, 0.6) is 5.75 Å². The smallest absolute Gasteiger partial charge is 0.227 e. The third kappa shape index (κ3) is 4.79.